The molecule has 2 heterocycles. The lowest BCUT2D eigenvalue weighted by Gasteiger charge is -2.08. The lowest BCUT2D eigenvalue weighted by Crippen LogP contribution is -2.21. The van der Waals surface area contributed by atoms with E-state index in [1.165, 1.54) is 0 Å². The molecule has 0 fully saturated rings. The Balaban J connectivity index is 2.22. The predicted octanol–water partition coefficient (Wildman–Crippen LogP) is 0.766. The van der Waals surface area contributed by atoms with Crippen molar-refractivity contribution in [2.45, 2.75) is 19.8 Å². The summed E-state index contributed by atoms with van der Waals surface area (Å²) in [5.74, 6) is 0.0769. The highest BCUT2D eigenvalue weighted by molar-refractivity contribution is 6.12. The van der Waals surface area contributed by atoms with E-state index in [1.807, 2.05) is 20.0 Å². The molecule has 0 saturated carbocycles. The van der Waals surface area contributed by atoms with Crippen LogP contribution in [0.1, 0.15) is 25.5 Å². The second-order valence-corrected chi connectivity index (χ2v) is 3.58. The molecular formula is C10H14N4O. The summed E-state index contributed by atoms with van der Waals surface area (Å²) in [5, 5.41) is 9.91. The fourth-order valence-electron chi connectivity index (χ4n) is 1.66. The smallest absolute Gasteiger partial charge is 0.248 e. The van der Waals surface area contributed by atoms with Crippen molar-refractivity contribution in [2.75, 3.05) is 6.54 Å². The zero-order chi connectivity index (χ0) is 10.8. The number of aromatic nitrogens is 2. The van der Waals surface area contributed by atoms with Crippen LogP contribution < -0.4 is 0 Å². The molecule has 80 valence electrons. The first-order valence-electron chi connectivity index (χ1n) is 5.08. The Bertz CT molecular complexity index is 407. The molecule has 0 atom stereocenters. The van der Waals surface area contributed by atoms with Crippen LogP contribution in [-0.4, -0.2) is 33.0 Å². The van der Waals surface area contributed by atoms with Crippen LogP contribution in [-0.2, 0) is 11.8 Å². The lowest BCUT2D eigenvalue weighted by molar-refractivity contribution is -0.128. The summed E-state index contributed by atoms with van der Waals surface area (Å²) in [4.78, 5) is 11.6. The third-order valence-corrected chi connectivity index (χ3v) is 2.40. The molecule has 5 heteroatoms. The molecule has 0 spiro atoms. The molecule has 0 saturated heterocycles. The van der Waals surface area contributed by atoms with Crippen molar-refractivity contribution in [3.8, 4) is 0 Å². The van der Waals surface area contributed by atoms with Gasteiger partial charge in [-0.15, -0.1) is 0 Å². The molecular weight excluding hydrogens is 192 g/mol. The van der Waals surface area contributed by atoms with Crippen molar-refractivity contribution in [3.05, 3.63) is 18.0 Å². The Hall–Kier alpha value is -1.65. The monoisotopic (exact) mass is 206 g/mol. The van der Waals surface area contributed by atoms with E-state index in [9.17, 15) is 4.79 Å². The van der Waals surface area contributed by atoms with Crippen molar-refractivity contribution < 1.29 is 4.79 Å². The number of carbonyl (C=O) groups excluding carboxylic acids is 1. The average Bonchev–Trinajstić information content (AvgIpc) is 2.75. The summed E-state index contributed by atoms with van der Waals surface area (Å²) in [6, 6.07) is 1.88. The van der Waals surface area contributed by atoms with Crippen LogP contribution in [0, 0.1) is 0 Å². The summed E-state index contributed by atoms with van der Waals surface area (Å²) in [6.45, 7) is 2.73. The number of hydrogen-bond acceptors (Lipinski definition) is 3. The van der Waals surface area contributed by atoms with Crippen molar-refractivity contribution in [3.63, 3.8) is 0 Å². The minimum atomic E-state index is 0.0769. The molecule has 1 aromatic heterocycles. The summed E-state index contributed by atoms with van der Waals surface area (Å²) in [7, 11) is 1.85. The number of amides is 1. The van der Waals surface area contributed by atoms with E-state index in [1.54, 1.807) is 15.9 Å². The fourth-order valence-corrected chi connectivity index (χ4v) is 1.66. The van der Waals surface area contributed by atoms with Gasteiger partial charge in [0.15, 0.2) is 0 Å². The second-order valence-electron chi connectivity index (χ2n) is 3.58. The van der Waals surface area contributed by atoms with Gasteiger partial charge in [-0.3, -0.25) is 9.48 Å². The van der Waals surface area contributed by atoms with Crippen molar-refractivity contribution in [1.82, 2.24) is 14.8 Å². The van der Waals surface area contributed by atoms with Gasteiger partial charge in [0.2, 0.25) is 5.91 Å². The van der Waals surface area contributed by atoms with Crippen LogP contribution >= 0.6 is 0 Å². The summed E-state index contributed by atoms with van der Waals surface area (Å²) >= 11 is 0. The molecule has 1 amide bonds. The van der Waals surface area contributed by atoms with E-state index < -0.39 is 0 Å². The van der Waals surface area contributed by atoms with Gasteiger partial charge in [-0.25, -0.2) is 5.01 Å². The average molecular weight is 206 g/mol. The SMILES string of the molecule is CCCN1N=C(c2ccnn2C)CC1=O. The van der Waals surface area contributed by atoms with E-state index in [4.69, 9.17) is 0 Å². The Morgan fingerprint density at radius 3 is 2.93 bits per heavy atom. The quantitative estimate of drug-likeness (QED) is 0.733. The highest BCUT2D eigenvalue weighted by atomic mass is 16.2. The molecule has 1 aliphatic rings. The van der Waals surface area contributed by atoms with Gasteiger partial charge in [0, 0.05) is 19.8 Å². The first kappa shape index (κ1) is 9.89. The Morgan fingerprint density at radius 2 is 2.33 bits per heavy atom. The van der Waals surface area contributed by atoms with Gasteiger partial charge in [-0.1, -0.05) is 6.92 Å². The van der Waals surface area contributed by atoms with Crippen LogP contribution in [0.3, 0.4) is 0 Å². The molecule has 2 rings (SSSR count). The Labute approximate surface area is 88.4 Å². The van der Waals surface area contributed by atoms with Crippen LogP contribution in [0.5, 0.6) is 0 Å². The number of nitrogens with zero attached hydrogens (tertiary/aromatic N) is 4. The lowest BCUT2D eigenvalue weighted by atomic mass is 10.2. The van der Waals surface area contributed by atoms with Gasteiger partial charge < -0.3 is 0 Å². The van der Waals surface area contributed by atoms with E-state index in [2.05, 4.69) is 10.2 Å². The topological polar surface area (TPSA) is 50.5 Å². The molecule has 0 aliphatic carbocycles. The van der Waals surface area contributed by atoms with E-state index in [0.717, 1.165) is 17.8 Å². The van der Waals surface area contributed by atoms with E-state index >= 15 is 0 Å². The summed E-state index contributed by atoms with van der Waals surface area (Å²) in [5.41, 5.74) is 1.73. The molecule has 1 aliphatic heterocycles. The van der Waals surface area contributed by atoms with E-state index in [-0.39, 0.29) is 5.91 Å². The molecule has 0 aromatic carbocycles. The minimum absolute atomic E-state index is 0.0769. The van der Waals surface area contributed by atoms with Crippen LogP contribution in [0.25, 0.3) is 0 Å². The van der Waals surface area contributed by atoms with Crippen LogP contribution in [0.15, 0.2) is 17.4 Å². The molecule has 5 nitrogen and oxygen atoms in total. The van der Waals surface area contributed by atoms with Gasteiger partial charge in [0.05, 0.1) is 17.8 Å². The number of hydrazone groups is 1. The Kier molecular flexibility index (Phi) is 2.53. The molecule has 1 aromatic rings. The van der Waals surface area contributed by atoms with Crippen LogP contribution in [0.2, 0.25) is 0 Å². The van der Waals surface area contributed by atoms with Gasteiger partial charge in [-0.2, -0.15) is 10.2 Å². The van der Waals surface area contributed by atoms with Gasteiger partial charge >= 0.3 is 0 Å². The highest BCUT2D eigenvalue weighted by Gasteiger charge is 2.25. The normalized spacial score (nSPS) is 16.0. The minimum Gasteiger partial charge on any atom is -0.273 e. The maximum absolute atomic E-state index is 11.6. The molecule has 15 heavy (non-hydrogen) atoms. The summed E-state index contributed by atoms with van der Waals surface area (Å²) in [6.07, 6.45) is 3.03. The van der Waals surface area contributed by atoms with Gasteiger partial charge in [0.1, 0.15) is 0 Å². The maximum Gasteiger partial charge on any atom is 0.248 e. The fraction of sp³-hybridized carbons (Fsp3) is 0.500. The standard InChI is InChI=1S/C10H14N4O/c1-3-6-14-10(15)7-8(12-14)9-4-5-11-13(9)2/h4-5H,3,6-7H2,1-2H3. The van der Waals surface area contributed by atoms with Crippen molar-refractivity contribution >= 4 is 11.6 Å². The van der Waals surface area contributed by atoms with Gasteiger partial charge in [0.25, 0.3) is 0 Å². The van der Waals surface area contributed by atoms with Crippen molar-refractivity contribution in [1.29, 1.82) is 0 Å². The molecule has 0 unspecified atom stereocenters. The third-order valence-electron chi connectivity index (χ3n) is 2.40. The number of carbonyl (C=O) groups is 1. The number of aryl methyl sites for hydroxylation is 1. The largest absolute Gasteiger partial charge is 0.273 e. The molecule has 0 radical (unpaired) electrons. The second kappa shape index (κ2) is 3.84. The zero-order valence-electron chi connectivity index (χ0n) is 8.97. The molecule has 0 bridgehead atoms. The third kappa shape index (κ3) is 1.77. The van der Waals surface area contributed by atoms with Crippen LogP contribution in [0.4, 0.5) is 0 Å². The number of rotatable bonds is 3. The maximum atomic E-state index is 11.6. The molecule has 0 N–H and O–H groups in total. The Morgan fingerprint density at radius 1 is 1.53 bits per heavy atom. The first-order chi connectivity index (χ1) is 7.22. The van der Waals surface area contributed by atoms with Gasteiger partial charge in [-0.05, 0) is 12.5 Å². The highest BCUT2D eigenvalue weighted by Crippen LogP contribution is 2.14. The summed E-state index contributed by atoms with van der Waals surface area (Å²) < 4.78 is 1.74. The van der Waals surface area contributed by atoms with Crippen molar-refractivity contribution in [2.24, 2.45) is 12.1 Å². The first-order valence-corrected chi connectivity index (χ1v) is 5.08. The zero-order valence-corrected chi connectivity index (χ0v) is 8.97. The number of hydrogen-bond donors (Lipinski definition) is 0. The van der Waals surface area contributed by atoms with E-state index in [0.29, 0.717) is 13.0 Å². The predicted molar refractivity (Wildman–Crippen MR) is 56.4 cm³/mol.